The maximum atomic E-state index is 5.87. The van der Waals surface area contributed by atoms with Crippen molar-refractivity contribution in [1.82, 2.24) is 0 Å². The summed E-state index contributed by atoms with van der Waals surface area (Å²) in [6.45, 7) is 10.1. The minimum Gasteiger partial charge on any atom is -0.394 e. The molecule has 0 aromatic rings. The van der Waals surface area contributed by atoms with Gasteiger partial charge in [0, 0.05) is 13.2 Å². The minimum atomic E-state index is -1.80. The van der Waals surface area contributed by atoms with Crippen LogP contribution in [-0.2, 0) is 8.85 Å². The number of hydrogen-bond acceptors (Lipinski definition) is 2. The molecule has 0 amide bonds. The first-order valence-corrected chi connectivity index (χ1v) is 7.75. The molecule has 0 aromatic carbocycles. The van der Waals surface area contributed by atoms with E-state index < -0.39 is 8.56 Å². The zero-order valence-corrected chi connectivity index (χ0v) is 10.6. The second-order valence-corrected chi connectivity index (χ2v) is 6.68. The van der Waals surface area contributed by atoms with Gasteiger partial charge in [0.1, 0.15) is 0 Å². The third-order valence-electron chi connectivity index (χ3n) is 2.08. The van der Waals surface area contributed by atoms with Crippen LogP contribution >= 0.6 is 0 Å². The molecule has 0 N–H and O–H groups in total. The molecule has 0 unspecified atom stereocenters. The summed E-state index contributed by atoms with van der Waals surface area (Å²) in [5.41, 5.74) is 0. The molecule has 0 spiro atoms. The standard InChI is InChI=1S/C10H24O2Si/c1-5-9-13(10-6-2,11-7-3)12-8-4/h5-10H2,1-4H3. The summed E-state index contributed by atoms with van der Waals surface area (Å²) in [4.78, 5) is 0. The van der Waals surface area contributed by atoms with Crippen LogP contribution < -0.4 is 0 Å². The Hall–Kier alpha value is 0.137. The highest BCUT2D eigenvalue weighted by Crippen LogP contribution is 2.22. The third-order valence-corrected chi connectivity index (χ3v) is 6.23. The Morgan fingerprint density at radius 1 is 0.769 bits per heavy atom. The quantitative estimate of drug-likeness (QED) is 0.565. The van der Waals surface area contributed by atoms with Gasteiger partial charge in [0.05, 0.1) is 0 Å². The minimum absolute atomic E-state index is 0.798. The van der Waals surface area contributed by atoms with Crippen molar-refractivity contribution in [3.63, 3.8) is 0 Å². The van der Waals surface area contributed by atoms with Crippen molar-refractivity contribution < 1.29 is 8.85 Å². The molecule has 2 nitrogen and oxygen atoms in total. The van der Waals surface area contributed by atoms with Gasteiger partial charge in [-0.05, 0) is 25.9 Å². The van der Waals surface area contributed by atoms with Crippen molar-refractivity contribution in [3.05, 3.63) is 0 Å². The molecule has 0 aliphatic rings. The summed E-state index contributed by atoms with van der Waals surface area (Å²) in [6, 6.07) is 2.28. The van der Waals surface area contributed by atoms with E-state index >= 15 is 0 Å². The van der Waals surface area contributed by atoms with Gasteiger partial charge in [-0.15, -0.1) is 0 Å². The zero-order chi connectivity index (χ0) is 10.2. The molecule has 80 valence electrons. The van der Waals surface area contributed by atoms with Crippen LogP contribution in [-0.4, -0.2) is 21.8 Å². The van der Waals surface area contributed by atoms with Gasteiger partial charge < -0.3 is 8.85 Å². The van der Waals surface area contributed by atoms with Gasteiger partial charge in [-0.3, -0.25) is 0 Å². The van der Waals surface area contributed by atoms with Gasteiger partial charge in [0.15, 0.2) is 0 Å². The van der Waals surface area contributed by atoms with Crippen LogP contribution in [0, 0.1) is 0 Å². The molecule has 0 saturated heterocycles. The predicted octanol–water partition coefficient (Wildman–Crippen LogP) is 3.32. The van der Waals surface area contributed by atoms with E-state index in [4.69, 9.17) is 8.85 Å². The third kappa shape index (κ3) is 4.79. The fraction of sp³-hybridized carbons (Fsp3) is 1.00. The van der Waals surface area contributed by atoms with Gasteiger partial charge in [-0.2, -0.15) is 0 Å². The number of hydrogen-bond donors (Lipinski definition) is 0. The van der Waals surface area contributed by atoms with E-state index in [0.717, 1.165) is 25.3 Å². The topological polar surface area (TPSA) is 18.5 Å². The van der Waals surface area contributed by atoms with Crippen LogP contribution in [0.2, 0.25) is 12.1 Å². The zero-order valence-electron chi connectivity index (χ0n) is 9.56. The Kier molecular flexibility index (Phi) is 7.61. The summed E-state index contributed by atoms with van der Waals surface area (Å²) >= 11 is 0. The van der Waals surface area contributed by atoms with E-state index in [1.54, 1.807) is 0 Å². The van der Waals surface area contributed by atoms with E-state index in [9.17, 15) is 0 Å². The monoisotopic (exact) mass is 204 g/mol. The van der Waals surface area contributed by atoms with Crippen LogP contribution in [0.1, 0.15) is 40.5 Å². The first-order valence-electron chi connectivity index (χ1n) is 5.52. The maximum Gasteiger partial charge on any atom is 0.338 e. The Morgan fingerprint density at radius 3 is 1.38 bits per heavy atom. The molecule has 0 bridgehead atoms. The summed E-state index contributed by atoms with van der Waals surface area (Å²) in [7, 11) is -1.80. The maximum absolute atomic E-state index is 5.87. The highest BCUT2D eigenvalue weighted by molar-refractivity contribution is 6.67. The van der Waals surface area contributed by atoms with Gasteiger partial charge in [0.2, 0.25) is 0 Å². The van der Waals surface area contributed by atoms with Crippen LogP contribution in [0.5, 0.6) is 0 Å². The lowest BCUT2D eigenvalue weighted by Crippen LogP contribution is -2.41. The van der Waals surface area contributed by atoms with Crippen molar-refractivity contribution in [1.29, 1.82) is 0 Å². The average Bonchev–Trinajstić information content (AvgIpc) is 2.06. The fourth-order valence-corrected chi connectivity index (χ4v) is 5.23. The average molecular weight is 204 g/mol. The molecule has 13 heavy (non-hydrogen) atoms. The van der Waals surface area contributed by atoms with Crippen LogP contribution in [0.25, 0.3) is 0 Å². The molecule has 0 aromatic heterocycles. The first-order chi connectivity index (χ1) is 6.24. The predicted molar refractivity (Wildman–Crippen MR) is 59.2 cm³/mol. The Morgan fingerprint density at radius 2 is 1.15 bits per heavy atom. The summed E-state index contributed by atoms with van der Waals surface area (Å²) in [5.74, 6) is 0. The van der Waals surface area contributed by atoms with Crippen LogP contribution in [0.3, 0.4) is 0 Å². The second-order valence-electron chi connectivity index (χ2n) is 3.28. The molecular weight excluding hydrogens is 180 g/mol. The van der Waals surface area contributed by atoms with E-state index in [1.807, 2.05) is 0 Å². The normalized spacial score (nSPS) is 12.0. The fourth-order valence-electron chi connectivity index (χ4n) is 1.74. The smallest absolute Gasteiger partial charge is 0.338 e. The lowest BCUT2D eigenvalue weighted by atomic mass is 10.6. The molecule has 0 radical (unpaired) electrons. The second kappa shape index (κ2) is 7.53. The summed E-state index contributed by atoms with van der Waals surface area (Å²) in [5, 5.41) is 0. The van der Waals surface area contributed by atoms with Crippen molar-refractivity contribution in [2.45, 2.75) is 52.6 Å². The van der Waals surface area contributed by atoms with E-state index in [2.05, 4.69) is 27.7 Å². The molecule has 0 fully saturated rings. The molecule has 3 heteroatoms. The van der Waals surface area contributed by atoms with E-state index in [1.165, 1.54) is 12.8 Å². The van der Waals surface area contributed by atoms with Gasteiger partial charge in [-0.1, -0.05) is 26.7 Å². The van der Waals surface area contributed by atoms with Crippen molar-refractivity contribution in [2.75, 3.05) is 13.2 Å². The molecular formula is C10H24O2Si. The van der Waals surface area contributed by atoms with Crippen LogP contribution in [0.4, 0.5) is 0 Å². The van der Waals surface area contributed by atoms with Crippen LogP contribution in [0.15, 0.2) is 0 Å². The van der Waals surface area contributed by atoms with Gasteiger partial charge >= 0.3 is 8.56 Å². The highest BCUT2D eigenvalue weighted by Gasteiger charge is 2.34. The molecule has 0 heterocycles. The largest absolute Gasteiger partial charge is 0.394 e. The van der Waals surface area contributed by atoms with Gasteiger partial charge in [-0.25, -0.2) is 0 Å². The van der Waals surface area contributed by atoms with E-state index in [-0.39, 0.29) is 0 Å². The summed E-state index contributed by atoms with van der Waals surface area (Å²) in [6.07, 6.45) is 2.35. The molecule has 0 aliphatic carbocycles. The highest BCUT2D eigenvalue weighted by atomic mass is 28.4. The lowest BCUT2D eigenvalue weighted by Gasteiger charge is -2.29. The lowest BCUT2D eigenvalue weighted by molar-refractivity contribution is 0.181. The Labute approximate surface area is 83.9 Å². The Balaban J connectivity index is 4.19. The van der Waals surface area contributed by atoms with Crippen molar-refractivity contribution in [3.8, 4) is 0 Å². The molecule has 0 aliphatic heterocycles. The van der Waals surface area contributed by atoms with Gasteiger partial charge in [0.25, 0.3) is 0 Å². The van der Waals surface area contributed by atoms with E-state index in [0.29, 0.717) is 0 Å². The first kappa shape index (κ1) is 13.1. The Bertz CT molecular complexity index is 88.0. The number of rotatable bonds is 8. The molecule has 0 atom stereocenters. The SMILES string of the molecule is CCC[Si](CCC)(OCC)OCC. The molecule has 0 rings (SSSR count). The summed E-state index contributed by atoms with van der Waals surface area (Å²) < 4.78 is 11.7. The molecule has 0 saturated carbocycles. The van der Waals surface area contributed by atoms with Crippen molar-refractivity contribution in [2.24, 2.45) is 0 Å². The van der Waals surface area contributed by atoms with Crippen molar-refractivity contribution >= 4 is 8.56 Å².